The van der Waals surface area contributed by atoms with Crippen LogP contribution in [-0.4, -0.2) is 11.9 Å². The van der Waals surface area contributed by atoms with Crippen molar-refractivity contribution < 1.29 is 14.3 Å². The molecule has 0 fully saturated rings. The van der Waals surface area contributed by atoms with Crippen LogP contribution in [0.4, 0.5) is 21.9 Å². The summed E-state index contributed by atoms with van der Waals surface area (Å²) in [5, 5.41) is 8.42. The smallest absolute Gasteiger partial charge is 0.323 e. The number of nitrogens with one attached hydrogen (secondary N) is 3. The highest BCUT2D eigenvalue weighted by Gasteiger charge is 2.12. The van der Waals surface area contributed by atoms with Gasteiger partial charge in [0.2, 0.25) is 0 Å². The Bertz CT molecular complexity index is 1210. The molecule has 4 aromatic carbocycles. The normalized spacial score (nSPS) is 10.2. The number of ether oxygens (including phenoxy) is 1. The summed E-state index contributed by atoms with van der Waals surface area (Å²) < 4.78 is 5.80. The van der Waals surface area contributed by atoms with E-state index in [-0.39, 0.29) is 18.5 Å². The van der Waals surface area contributed by atoms with Gasteiger partial charge in [-0.3, -0.25) is 4.79 Å². The van der Waals surface area contributed by atoms with E-state index < -0.39 is 0 Å². The van der Waals surface area contributed by atoms with Crippen molar-refractivity contribution in [2.24, 2.45) is 0 Å². The Balaban J connectivity index is 1.35. The van der Waals surface area contributed by atoms with Crippen molar-refractivity contribution in [1.29, 1.82) is 0 Å². The highest BCUT2D eigenvalue weighted by molar-refractivity contribution is 6.05. The summed E-state index contributed by atoms with van der Waals surface area (Å²) in [5.74, 6) is 0.511. The second-order valence-electron chi connectivity index (χ2n) is 7.24. The van der Waals surface area contributed by atoms with Gasteiger partial charge >= 0.3 is 6.03 Å². The summed E-state index contributed by atoms with van der Waals surface area (Å²) in [7, 11) is 0. The monoisotopic (exact) mass is 437 g/mol. The van der Waals surface area contributed by atoms with E-state index in [0.29, 0.717) is 22.6 Å². The minimum atomic E-state index is -0.342. The van der Waals surface area contributed by atoms with Gasteiger partial charge in [0, 0.05) is 28.2 Å². The first-order valence-corrected chi connectivity index (χ1v) is 10.5. The van der Waals surface area contributed by atoms with E-state index in [1.54, 1.807) is 42.5 Å². The molecule has 0 aliphatic rings. The van der Waals surface area contributed by atoms with Crippen molar-refractivity contribution in [3.63, 3.8) is 0 Å². The van der Waals surface area contributed by atoms with Crippen LogP contribution in [0.2, 0.25) is 0 Å². The molecule has 0 saturated carbocycles. The minimum absolute atomic E-state index is 0.232. The van der Waals surface area contributed by atoms with Gasteiger partial charge in [0.05, 0.1) is 0 Å². The van der Waals surface area contributed by atoms with Crippen LogP contribution < -0.4 is 20.7 Å². The Morgan fingerprint density at radius 3 is 1.76 bits per heavy atom. The molecule has 33 heavy (non-hydrogen) atoms. The number of hydrogen-bond donors (Lipinski definition) is 3. The molecule has 0 aromatic heterocycles. The fourth-order valence-corrected chi connectivity index (χ4v) is 3.20. The molecule has 0 bridgehead atoms. The maximum Gasteiger partial charge on any atom is 0.323 e. The van der Waals surface area contributed by atoms with E-state index in [1.807, 2.05) is 66.7 Å². The molecule has 0 radical (unpaired) electrons. The molecule has 0 aliphatic heterocycles. The maximum absolute atomic E-state index is 12.9. The second kappa shape index (κ2) is 10.6. The Morgan fingerprint density at radius 1 is 0.576 bits per heavy atom. The van der Waals surface area contributed by atoms with Crippen LogP contribution in [0, 0.1) is 0 Å². The maximum atomic E-state index is 12.9. The van der Waals surface area contributed by atoms with E-state index in [9.17, 15) is 9.59 Å². The van der Waals surface area contributed by atoms with Gasteiger partial charge in [0.15, 0.2) is 0 Å². The summed E-state index contributed by atoms with van der Waals surface area (Å²) in [6.45, 7) is 0.285. The van der Waals surface area contributed by atoms with E-state index in [0.717, 1.165) is 11.3 Å². The molecule has 0 unspecified atom stereocenters. The molecule has 0 spiro atoms. The Kier molecular flexibility index (Phi) is 6.98. The second-order valence-corrected chi connectivity index (χ2v) is 7.24. The first-order chi connectivity index (χ1) is 16.2. The summed E-state index contributed by atoms with van der Waals surface area (Å²) in [5.41, 5.74) is 3.26. The highest BCUT2D eigenvalue weighted by Crippen LogP contribution is 2.18. The van der Waals surface area contributed by atoms with Gasteiger partial charge < -0.3 is 20.7 Å². The van der Waals surface area contributed by atoms with E-state index in [2.05, 4.69) is 16.0 Å². The lowest BCUT2D eigenvalue weighted by Crippen LogP contribution is -2.19. The third-order valence-electron chi connectivity index (χ3n) is 4.83. The molecule has 4 aromatic rings. The van der Waals surface area contributed by atoms with E-state index >= 15 is 0 Å². The molecule has 164 valence electrons. The zero-order valence-corrected chi connectivity index (χ0v) is 17.8. The molecule has 0 saturated heterocycles. The summed E-state index contributed by atoms with van der Waals surface area (Å²) in [6, 6.07) is 32.6. The number of anilines is 3. The van der Waals surface area contributed by atoms with Crippen molar-refractivity contribution >= 4 is 29.0 Å². The Labute approximate surface area is 192 Å². The fraction of sp³-hybridized carbons (Fsp3) is 0.0370. The molecule has 6 heteroatoms. The van der Waals surface area contributed by atoms with Crippen molar-refractivity contribution in [2.75, 3.05) is 16.0 Å². The number of amides is 3. The Hall–Kier alpha value is -4.58. The van der Waals surface area contributed by atoms with Crippen LogP contribution >= 0.6 is 0 Å². The zero-order valence-electron chi connectivity index (χ0n) is 17.8. The van der Waals surface area contributed by atoms with E-state index in [1.165, 1.54) is 0 Å². The molecular formula is C27H23N3O3. The van der Waals surface area contributed by atoms with Crippen molar-refractivity contribution in [3.8, 4) is 5.75 Å². The van der Waals surface area contributed by atoms with Crippen LogP contribution in [-0.2, 0) is 6.61 Å². The van der Waals surface area contributed by atoms with Gasteiger partial charge in [-0.05, 0) is 54.6 Å². The van der Waals surface area contributed by atoms with Crippen molar-refractivity contribution in [1.82, 2.24) is 0 Å². The fourth-order valence-electron chi connectivity index (χ4n) is 3.20. The number of rotatable bonds is 7. The van der Waals surface area contributed by atoms with E-state index in [4.69, 9.17) is 4.74 Å². The zero-order chi connectivity index (χ0) is 22.9. The van der Waals surface area contributed by atoms with Crippen LogP contribution in [0.3, 0.4) is 0 Å². The SMILES string of the molecule is O=C(Nc1ccccc1)Nc1ccc(NC(=O)c2ccccc2COc2ccccc2)cc1. The molecule has 0 heterocycles. The summed E-state index contributed by atoms with van der Waals surface area (Å²) in [6.07, 6.45) is 0. The molecule has 0 aliphatic carbocycles. The molecule has 6 nitrogen and oxygen atoms in total. The van der Waals surface area contributed by atoms with Gasteiger partial charge in [-0.25, -0.2) is 4.79 Å². The quantitative estimate of drug-likeness (QED) is 0.324. The lowest BCUT2D eigenvalue weighted by molar-refractivity contribution is 0.102. The molecule has 3 amide bonds. The molecule has 0 atom stereocenters. The lowest BCUT2D eigenvalue weighted by Gasteiger charge is -2.12. The van der Waals surface area contributed by atoms with Gasteiger partial charge in [-0.2, -0.15) is 0 Å². The van der Waals surface area contributed by atoms with Gasteiger partial charge in [-0.15, -0.1) is 0 Å². The molecule has 3 N–H and O–H groups in total. The average Bonchev–Trinajstić information content (AvgIpc) is 2.85. The summed E-state index contributed by atoms with van der Waals surface area (Å²) >= 11 is 0. The number of benzene rings is 4. The molecule has 4 rings (SSSR count). The lowest BCUT2D eigenvalue weighted by atomic mass is 10.1. The predicted octanol–water partition coefficient (Wildman–Crippen LogP) is 6.16. The number of carbonyl (C=O) groups is 2. The van der Waals surface area contributed by atoms with Gasteiger partial charge in [-0.1, -0.05) is 54.6 Å². The van der Waals surface area contributed by atoms with Crippen LogP contribution in [0.25, 0.3) is 0 Å². The largest absolute Gasteiger partial charge is 0.489 e. The standard InChI is InChI=1S/C27H23N3O3/c31-26(25-14-8-7-9-20(25)19-33-24-12-5-2-6-13-24)28-22-15-17-23(18-16-22)30-27(32)29-21-10-3-1-4-11-21/h1-18H,19H2,(H,28,31)(H2,29,30,32). The van der Waals surface area contributed by atoms with Crippen LogP contribution in [0.5, 0.6) is 5.75 Å². The number of urea groups is 1. The van der Waals surface area contributed by atoms with Gasteiger partial charge in [0.25, 0.3) is 5.91 Å². The van der Waals surface area contributed by atoms with Gasteiger partial charge in [0.1, 0.15) is 12.4 Å². The predicted molar refractivity (Wildman–Crippen MR) is 131 cm³/mol. The average molecular weight is 437 g/mol. The molecular weight excluding hydrogens is 414 g/mol. The first-order valence-electron chi connectivity index (χ1n) is 10.5. The summed E-state index contributed by atoms with van der Waals surface area (Å²) in [4.78, 5) is 25.0. The third-order valence-corrected chi connectivity index (χ3v) is 4.83. The van der Waals surface area contributed by atoms with Crippen molar-refractivity contribution in [2.45, 2.75) is 6.61 Å². The number of hydrogen-bond acceptors (Lipinski definition) is 3. The van der Waals surface area contributed by atoms with Crippen LogP contribution in [0.1, 0.15) is 15.9 Å². The Morgan fingerprint density at radius 2 is 1.09 bits per heavy atom. The first kappa shape index (κ1) is 21.6. The number of carbonyl (C=O) groups excluding carboxylic acids is 2. The minimum Gasteiger partial charge on any atom is -0.489 e. The van der Waals surface area contributed by atoms with Crippen LogP contribution in [0.15, 0.2) is 109 Å². The third kappa shape index (κ3) is 6.21. The topological polar surface area (TPSA) is 79.5 Å². The highest BCUT2D eigenvalue weighted by atomic mass is 16.5. The number of para-hydroxylation sites is 2. The van der Waals surface area contributed by atoms with Crippen molar-refractivity contribution in [3.05, 3.63) is 120 Å².